The molecule has 0 unspecified atom stereocenters. The number of nitrogens with one attached hydrogen (secondary N) is 1. The van der Waals surface area contributed by atoms with Crippen molar-refractivity contribution < 1.29 is 26.3 Å². The molecule has 1 heterocycles. The summed E-state index contributed by atoms with van der Waals surface area (Å²) in [5.41, 5.74) is 1.93. The minimum atomic E-state index is -4.73. The Kier molecular flexibility index (Phi) is 7.41. The predicted octanol–water partition coefficient (Wildman–Crippen LogP) is 3.84. The number of hydrogen-bond acceptors (Lipinski definition) is 4. The summed E-state index contributed by atoms with van der Waals surface area (Å²) in [6.07, 6.45) is -3.03. The number of methoxy groups -OCH3 is 1. The van der Waals surface area contributed by atoms with Crippen LogP contribution >= 0.6 is 0 Å². The molecule has 9 heteroatoms. The van der Waals surface area contributed by atoms with E-state index in [1.54, 1.807) is 24.0 Å². The van der Waals surface area contributed by atoms with Crippen molar-refractivity contribution in [2.45, 2.75) is 37.2 Å². The lowest BCUT2D eigenvalue weighted by atomic mass is 9.87. The zero-order valence-corrected chi connectivity index (χ0v) is 18.3. The SMILES string of the molecule is CO[C@H]1CCN(Cc2ccc([C@H](NS(C)(=O)=O)C(F)(F)F)cc2)C[C@@H]1c1ccccc1. The number of likely N-dealkylation sites (tertiary alicyclic amines) is 1. The standard InChI is InChI=1S/C22H27F3N2O3S/c1-30-20-12-13-27(15-19(20)17-6-4-3-5-7-17)14-16-8-10-18(11-9-16)21(22(23,24)25)26-31(2,28)29/h3-11,19-21,26H,12-15H2,1-2H3/t19-,20+,21+/m1/s1. The van der Waals surface area contributed by atoms with Gasteiger partial charge in [0.1, 0.15) is 6.04 Å². The number of benzene rings is 2. The zero-order chi connectivity index (χ0) is 22.6. The van der Waals surface area contributed by atoms with Crippen LogP contribution in [0.3, 0.4) is 0 Å². The van der Waals surface area contributed by atoms with Crippen LogP contribution in [-0.2, 0) is 21.3 Å². The second-order valence-corrected chi connectivity index (χ2v) is 9.70. The molecule has 0 saturated carbocycles. The van der Waals surface area contributed by atoms with Gasteiger partial charge in [-0.15, -0.1) is 0 Å². The molecule has 1 aliphatic heterocycles. The average Bonchev–Trinajstić information content (AvgIpc) is 2.72. The Bertz CT molecular complexity index is 950. The van der Waals surface area contributed by atoms with E-state index in [9.17, 15) is 21.6 Å². The molecule has 0 amide bonds. The fourth-order valence-corrected chi connectivity index (χ4v) is 4.75. The van der Waals surface area contributed by atoms with Crippen LogP contribution in [0.5, 0.6) is 0 Å². The Morgan fingerprint density at radius 2 is 1.77 bits per heavy atom. The monoisotopic (exact) mass is 456 g/mol. The van der Waals surface area contributed by atoms with Crippen LogP contribution < -0.4 is 4.72 Å². The molecule has 0 radical (unpaired) electrons. The first-order chi connectivity index (χ1) is 14.6. The number of alkyl halides is 3. The normalized spacial score (nSPS) is 21.7. The van der Waals surface area contributed by atoms with Gasteiger partial charge in [0.15, 0.2) is 0 Å². The molecule has 3 atom stereocenters. The van der Waals surface area contributed by atoms with Crippen molar-refractivity contribution in [1.29, 1.82) is 0 Å². The quantitative estimate of drug-likeness (QED) is 0.688. The van der Waals surface area contributed by atoms with Gasteiger partial charge < -0.3 is 4.74 Å². The lowest BCUT2D eigenvalue weighted by Crippen LogP contribution is -2.42. The highest BCUT2D eigenvalue weighted by Crippen LogP contribution is 2.34. The van der Waals surface area contributed by atoms with Crippen molar-refractivity contribution in [2.75, 3.05) is 26.5 Å². The van der Waals surface area contributed by atoms with Crippen LogP contribution in [0.2, 0.25) is 0 Å². The minimum absolute atomic E-state index is 0.121. The smallest absolute Gasteiger partial charge is 0.381 e. The summed E-state index contributed by atoms with van der Waals surface area (Å²) in [7, 11) is -2.30. The predicted molar refractivity (Wildman–Crippen MR) is 113 cm³/mol. The second kappa shape index (κ2) is 9.68. The van der Waals surface area contributed by atoms with Crippen molar-refractivity contribution in [3.05, 3.63) is 71.3 Å². The molecule has 0 aromatic heterocycles. The highest BCUT2D eigenvalue weighted by molar-refractivity contribution is 7.88. The summed E-state index contributed by atoms with van der Waals surface area (Å²) in [6.45, 7) is 2.20. The molecular formula is C22H27F3N2O3S. The van der Waals surface area contributed by atoms with E-state index in [1.807, 2.05) is 18.2 Å². The minimum Gasteiger partial charge on any atom is -0.381 e. The molecule has 1 fully saturated rings. The summed E-state index contributed by atoms with van der Waals surface area (Å²) in [4.78, 5) is 2.26. The number of ether oxygens (including phenoxy) is 1. The van der Waals surface area contributed by atoms with Crippen molar-refractivity contribution in [2.24, 2.45) is 0 Å². The third kappa shape index (κ3) is 6.52. The number of nitrogens with zero attached hydrogens (tertiary/aromatic N) is 1. The van der Waals surface area contributed by atoms with E-state index in [0.717, 1.165) is 25.1 Å². The number of rotatable bonds is 7. The maximum atomic E-state index is 13.3. The van der Waals surface area contributed by atoms with Crippen LogP contribution in [0.15, 0.2) is 54.6 Å². The molecule has 0 spiro atoms. The van der Waals surface area contributed by atoms with Crippen molar-refractivity contribution in [3.8, 4) is 0 Å². The number of piperidine rings is 1. The summed E-state index contributed by atoms with van der Waals surface area (Å²) in [5.74, 6) is 0.216. The summed E-state index contributed by atoms with van der Waals surface area (Å²) >= 11 is 0. The van der Waals surface area contributed by atoms with Crippen molar-refractivity contribution >= 4 is 10.0 Å². The second-order valence-electron chi connectivity index (χ2n) is 7.92. The topological polar surface area (TPSA) is 58.6 Å². The van der Waals surface area contributed by atoms with Crippen LogP contribution in [0.4, 0.5) is 13.2 Å². The van der Waals surface area contributed by atoms with E-state index in [4.69, 9.17) is 4.74 Å². The molecule has 0 bridgehead atoms. The van der Waals surface area contributed by atoms with Gasteiger partial charge in [-0.2, -0.15) is 17.9 Å². The first kappa shape index (κ1) is 23.7. The van der Waals surface area contributed by atoms with E-state index >= 15 is 0 Å². The molecule has 0 aliphatic carbocycles. The highest BCUT2D eigenvalue weighted by Gasteiger charge is 2.42. The van der Waals surface area contributed by atoms with Gasteiger partial charge in [-0.25, -0.2) is 8.42 Å². The van der Waals surface area contributed by atoms with E-state index < -0.39 is 22.2 Å². The molecule has 170 valence electrons. The fraction of sp³-hybridized carbons (Fsp3) is 0.455. The van der Waals surface area contributed by atoms with Gasteiger partial charge in [0.2, 0.25) is 10.0 Å². The molecule has 1 aliphatic rings. The fourth-order valence-electron chi connectivity index (χ4n) is 4.06. The van der Waals surface area contributed by atoms with Gasteiger partial charge in [-0.05, 0) is 23.1 Å². The van der Waals surface area contributed by atoms with Crippen molar-refractivity contribution in [1.82, 2.24) is 9.62 Å². The number of hydrogen-bond donors (Lipinski definition) is 1. The van der Waals surface area contributed by atoms with Gasteiger partial charge in [0.05, 0.1) is 12.4 Å². The third-order valence-electron chi connectivity index (χ3n) is 5.54. The van der Waals surface area contributed by atoms with Gasteiger partial charge >= 0.3 is 6.18 Å². The number of sulfonamides is 1. The van der Waals surface area contributed by atoms with Gasteiger partial charge in [-0.3, -0.25) is 4.90 Å². The molecule has 31 heavy (non-hydrogen) atoms. The summed E-state index contributed by atoms with van der Waals surface area (Å²) in [5, 5.41) is 0. The van der Waals surface area contributed by atoms with E-state index in [0.29, 0.717) is 12.8 Å². The molecule has 3 rings (SSSR count). The van der Waals surface area contributed by atoms with Gasteiger partial charge in [-0.1, -0.05) is 54.6 Å². The first-order valence-corrected chi connectivity index (χ1v) is 11.9. The van der Waals surface area contributed by atoms with E-state index in [2.05, 4.69) is 17.0 Å². The average molecular weight is 457 g/mol. The van der Waals surface area contributed by atoms with E-state index in [-0.39, 0.29) is 17.6 Å². The van der Waals surface area contributed by atoms with Crippen LogP contribution in [-0.4, -0.2) is 52.1 Å². The maximum absolute atomic E-state index is 13.3. The molecular weight excluding hydrogens is 429 g/mol. The zero-order valence-electron chi connectivity index (χ0n) is 17.5. The van der Waals surface area contributed by atoms with Gasteiger partial charge in [0.25, 0.3) is 0 Å². The Hall–Kier alpha value is -1.94. The van der Waals surface area contributed by atoms with Crippen molar-refractivity contribution in [3.63, 3.8) is 0 Å². The Balaban J connectivity index is 1.72. The highest BCUT2D eigenvalue weighted by atomic mass is 32.2. The largest absolute Gasteiger partial charge is 0.408 e. The molecule has 1 N–H and O–H groups in total. The summed E-state index contributed by atoms with van der Waals surface area (Å²) in [6, 6.07) is 13.8. The molecule has 1 saturated heterocycles. The van der Waals surface area contributed by atoms with Crippen LogP contribution in [0.25, 0.3) is 0 Å². The Morgan fingerprint density at radius 1 is 1.13 bits per heavy atom. The molecule has 2 aromatic carbocycles. The van der Waals surface area contributed by atoms with Gasteiger partial charge in [0, 0.05) is 32.7 Å². The van der Waals surface area contributed by atoms with Crippen LogP contribution in [0.1, 0.15) is 35.1 Å². The summed E-state index contributed by atoms with van der Waals surface area (Å²) < 4.78 is 70.1. The lowest BCUT2D eigenvalue weighted by molar-refractivity contribution is -0.153. The van der Waals surface area contributed by atoms with Crippen LogP contribution in [0, 0.1) is 0 Å². The Labute approximate surface area is 181 Å². The van der Waals surface area contributed by atoms with E-state index in [1.165, 1.54) is 17.7 Å². The Morgan fingerprint density at radius 3 is 2.32 bits per heavy atom. The third-order valence-corrected chi connectivity index (χ3v) is 6.21. The number of halogens is 3. The lowest BCUT2D eigenvalue weighted by Gasteiger charge is -2.38. The first-order valence-electron chi connectivity index (χ1n) is 10.00. The molecule has 5 nitrogen and oxygen atoms in total. The molecule has 2 aromatic rings. The maximum Gasteiger partial charge on any atom is 0.408 e.